The van der Waals surface area contributed by atoms with Crippen LogP contribution in [0.25, 0.3) is 0 Å². The fourth-order valence-electron chi connectivity index (χ4n) is 4.99. The van der Waals surface area contributed by atoms with Gasteiger partial charge in [-0.05, 0) is 61.2 Å². The molecule has 2 fully saturated rings. The molecule has 0 bridgehead atoms. The second-order valence-electron chi connectivity index (χ2n) is 9.14. The van der Waals surface area contributed by atoms with Gasteiger partial charge in [-0.3, -0.25) is 4.79 Å². The van der Waals surface area contributed by atoms with Crippen molar-refractivity contribution in [2.75, 3.05) is 6.54 Å². The van der Waals surface area contributed by atoms with Crippen LogP contribution >= 0.6 is 0 Å². The topological polar surface area (TPSA) is 55.6 Å². The second kappa shape index (κ2) is 8.36. The Bertz CT molecular complexity index is 1040. The fourth-order valence-corrected chi connectivity index (χ4v) is 4.99. The first-order valence-electron chi connectivity index (χ1n) is 10.7. The van der Waals surface area contributed by atoms with E-state index in [9.17, 15) is 26.7 Å². The summed E-state index contributed by atoms with van der Waals surface area (Å²) in [5, 5.41) is 0. The second-order valence-corrected chi connectivity index (χ2v) is 9.14. The Morgan fingerprint density at radius 3 is 2.48 bits per heavy atom. The molecule has 0 saturated carbocycles. The molecule has 0 aromatic heterocycles. The summed E-state index contributed by atoms with van der Waals surface area (Å²) in [5.41, 5.74) is 5.04. The molecule has 1 amide bonds. The molecule has 2 heterocycles. The molecule has 2 aliphatic heterocycles. The minimum atomic E-state index is -4.62. The van der Waals surface area contributed by atoms with Crippen LogP contribution in [0, 0.1) is 5.82 Å². The van der Waals surface area contributed by atoms with Crippen molar-refractivity contribution in [2.24, 2.45) is 5.73 Å². The number of carbonyl (C=O) groups is 1. The van der Waals surface area contributed by atoms with Gasteiger partial charge in [-0.2, -0.15) is 13.2 Å². The van der Waals surface area contributed by atoms with Crippen LogP contribution in [0.1, 0.15) is 54.5 Å². The van der Waals surface area contributed by atoms with Crippen LogP contribution in [0.3, 0.4) is 0 Å². The largest absolute Gasteiger partial charge is 0.416 e. The Morgan fingerprint density at radius 1 is 1.21 bits per heavy atom. The number of ether oxygens (including phenoxy) is 1. The summed E-state index contributed by atoms with van der Waals surface area (Å²) < 4.78 is 72.8. The number of nitrogens with zero attached hydrogens (tertiary/aromatic N) is 1. The van der Waals surface area contributed by atoms with Gasteiger partial charge in [0.05, 0.1) is 23.3 Å². The Balaban J connectivity index is 1.65. The Morgan fingerprint density at radius 2 is 1.88 bits per heavy atom. The number of fused-ring (bicyclic) bond motifs is 1. The van der Waals surface area contributed by atoms with Gasteiger partial charge in [0, 0.05) is 18.5 Å². The van der Waals surface area contributed by atoms with E-state index in [0.717, 1.165) is 17.7 Å². The van der Waals surface area contributed by atoms with Crippen LogP contribution in [-0.2, 0) is 22.4 Å². The smallest absolute Gasteiger partial charge is 0.368 e. The summed E-state index contributed by atoms with van der Waals surface area (Å²) >= 11 is 0. The van der Waals surface area contributed by atoms with Crippen molar-refractivity contribution < 1.29 is 31.5 Å². The summed E-state index contributed by atoms with van der Waals surface area (Å²) in [6.45, 7) is 2.43. The number of carbonyl (C=O) groups excluding carboxylic acids is 1. The molecule has 5 atom stereocenters. The van der Waals surface area contributed by atoms with Crippen LogP contribution in [0.2, 0.25) is 0 Å². The van der Waals surface area contributed by atoms with Crippen molar-refractivity contribution in [3.63, 3.8) is 0 Å². The normalized spacial score (nSPS) is 28.3. The van der Waals surface area contributed by atoms with Crippen molar-refractivity contribution in [2.45, 2.75) is 62.8 Å². The van der Waals surface area contributed by atoms with Crippen molar-refractivity contribution in [3.8, 4) is 0 Å². The number of halogens is 5. The summed E-state index contributed by atoms with van der Waals surface area (Å²) in [7, 11) is 0. The molecule has 0 radical (unpaired) electrons. The Labute approximate surface area is 188 Å². The SMILES string of the molecule is C[C@@H](O[C@H]1CN2C(=O)[C@@](C)(N)C[C@H]2[C@@H]1c1ccc(F)cc1)c1cc(CF)cc(C(F)(F)F)c1. The van der Waals surface area contributed by atoms with Crippen molar-refractivity contribution >= 4 is 5.91 Å². The number of hydrogen-bond acceptors (Lipinski definition) is 3. The molecular weight excluding hydrogens is 443 g/mol. The molecule has 2 N–H and O–H groups in total. The van der Waals surface area contributed by atoms with Crippen LogP contribution < -0.4 is 5.73 Å². The average molecular weight is 468 g/mol. The maximum atomic E-state index is 13.5. The molecule has 0 spiro atoms. The van der Waals surface area contributed by atoms with Crippen molar-refractivity contribution in [1.82, 2.24) is 4.90 Å². The predicted octanol–water partition coefficient (Wildman–Crippen LogP) is 4.88. The molecular formula is C24H25F5N2O2. The number of nitrogens with two attached hydrogens (primary N) is 1. The summed E-state index contributed by atoms with van der Waals surface area (Å²) in [6.07, 6.45) is -5.61. The first-order chi connectivity index (χ1) is 15.4. The van der Waals surface area contributed by atoms with Gasteiger partial charge in [0.15, 0.2) is 0 Å². The average Bonchev–Trinajstić information content (AvgIpc) is 3.19. The molecule has 2 aliphatic rings. The number of rotatable bonds is 5. The molecule has 0 aliphatic carbocycles. The monoisotopic (exact) mass is 468 g/mol. The molecule has 2 saturated heterocycles. The lowest BCUT2D eigenvalue weighted by Gasteiger charge is -2.28. The molecule has 2 aromatic carbocycles. The van der Waals surface area contributed by atoms with Gasteiger partial charge in [-0.25, -0.2) is 8.78 Å². The Hall–Kier alpha value is -2.52. The molecule has 0 unspecified atom stereocenters. The van der Waals surface area contributed by atoms with Crippen LogP contribution in [0.4, 0.5) is 22.0 Å². The standard InChI is InChI=1S/C24H25F5N2O2/c1-13(16-7-14(11-25)8-17(9-16)24(27,28)29)33-20-12-31-19(10-23(2,30)22(31)32)21(20)15-3-5-18(26)6-4-15/h3-9,13,19-21H,10-12,30H2,1-2H3/t13-,19+,20+,21+,23+/m1/s1. The van der Waals surface area contributed by atoms with Gasteiger partial charge >= 0.3 is 6.18 Å². The molecule has 4 rings (SSSR count). The van der Waals surface area contributed by atoms with Crippen LogP contribution in [-0.4, -0.2) is 35.0 Å². The van der Waals surface area contributed by atoms with E-state index >= 15 is 0 Å². The number of amides is 1. The fraction of sp³-hybridized carbons (Fsp3) is 0.458. The van der Waals surface area contributed by atoms with Gasteiger partial charge in [0.1, 0.15) is 12.5 Å². The van der Waals surface area contributed by atoms with Crippen molar-refractivity contribution in [3.05, 3.63) is 70.5 Å². The highest BCUT2D eigenvalue weighted by Crippen LogP contribution is 2.45. The minimum absolute atomic E-state index is 0.0912. The zero-order valence-corrected chi connectivity index (χ0v) is 18.2. The Kier molecular flexibility index (Phi) is 5.99. The maximum Gasteiger partial charge on any atom is 0.416 e. The lowest BCUT2D eigenvalue weighted by Crippen LogP contribution is -2.46. The van der Waals surface area contributed by atoms with Gasteiger partial charge in [0.25, 0.3) is 0 Å². The van der Waals surface area contributed by atoms with E-state index in [2.05, 4.69) is 0 Å². The first kappa shape index (κ1) is 23.6. The third kappa shape index (κ3) is 4.48. The summed E-state index contributed by atoms with van der Waals surface area (Å²) in [5.74, 6) is -0.973. The van der Waals surface area contributed by atoms with Gasteiger partial charge < -0.3 is 15.4 Å². The summed E-state index contributed by atoms with van der Waals surface area (Å²) in [4.78, 5) is 14.4. The molecule has 33 heavy (non-hydrogen) atoms. The van der Waals surface area contributed by atoms with E-state index in [1.807, 2.05) is 0 Å². The highest BCUT2D eigenvalue weighted by Gasteiger charge is 2.56. The lowest BCUT2D eigenvalue weighted by molar-refractivity contribution is -0.138. The highest BCUT2D eigenvalue weighted by molar-refractivity contribution is 5.89. The van der Waals surface area contributed by atoms with E-state index in [1.165, 1.54) is 18.2 Å². The number of alkyl halides is 4. The van der Waals surface area contributed by atoms with Crippen molar-refractivity contribution in [1.29, 1.82) is 0 Å². The molecule has 2 aromatic rings. The zero-order valence-electron chi connectivity index (χ0n) is 18.2. The van der Waals surface area contributed by atoms with E-state index in [1.54, 1.807) is 30.9 Å². The molecule has 4 nitrogen and oxygen atoms in total. The van der Waals surface area contributed by atoms with E-state index in [0.29, 0.717) is 6.42 Å². The van der Waals surface area contributed by atoms with E-state index in [-0.39, 0.29) is 35.5 Å². The first-order valence-corrected chi connectivity index (χ1v) is 10.7. The summed E-state index contributed by atoms with van der Waals surface area (Å²) in [6, 6.07) is 8.68. The number of benzene rings is 2. The molecule has 9 heteroatoms. The quantitative estimate of drug-likeness (QED) is 0.637. The third-order valence-corrected chi connectivity index (χ3v) is 6.57. The van der Waals surface area contributed by atoms with E-state index < -0.39 is 42.0 Å². The highest BCUT2D eigenvalue weighted by atomic mass is 19.4. The minimum Gasteiger partial charge on any atom is -0.368 e. The van der Waals surface area contributed by atoms with Crippen LogP contribution in [0.5, 0.6) is 0 Å². The van der Waals surface area contributed by atoms with Crippen LogP contribution in [0.15, 0.2) is 42.5 Å². The molecule has 178 valence electrons. The predicted molar refractivity (Wildman–Crippen MR) is 111 cm³/mol. The maximum absolute atomic E-state index is 13.5. The van der Waals surface area contributed by atoms with Gasteiger partial charge in [-0.1, -0.05) is 18.2 Å². The third-order valence-electron chi connectivity index (χ3n) is 6.57. The van der Waals surface area contributed by atoms with Gasteiger partial charge in [0.2, 0.25) is 5.91 Å². The number of hydrogen-bond donors (Lipinski definition) is 1. The zero-order chi connectivity index (χ0) is 24.1. The van der Waals surface area contributed by atoms with E-state index in [4.69, 9.17) is 10.5 Å². The lowest BCUT2D eigenvalue weighted by atomic mass is 9.85. The van der Waals surface area contributed by atoms with Gasteiger partial charge in [-0.15, -0.1) is 0 Å².